The van der Waals surface area contributed by atoms with Crippen LogP contribution in [0.2, 0.25) is 0 Å². The molecule has 0 saturated carbocycles. The van der Waals surface area contributed by atoms with Gasteiger partial charge in [0.15, 0.2) is 18.9 Å². The number of nitrogens with one attached hydrogen (secondary N) is 1. The smallest absolute Gasteiger partial charge is 0.217 e. The molecule has 0 spiro atoms. The monoisotopic (exact) mass is 529 g/mol. The summed E-state index contributed by atoms with van der Waals surface area (Å²) in [5, 5.41) is 92.1. The van der Waals surface area contributed by atoms with Gasteiger partial charge in [-0.2, -0.15) is 0 Å². The number of rotatable bonds is 8. The molecule has 3 fully saturated rings. The zero-order valence-corrected chi connectivity index (χ0v) is 19.4. The van der Waals surface area contributed by atoms with Gasteiger partial charge in [-0.15, -0.1) is 0 Å². The van der Waals surface area contributed by atoms with Crippen molar-refractivity contribution >= 4 is 5.91 Å². The molecule has 16 nitrogen and oxygen atoms in total. The van der Waals surface area contributed by atoms with Gasteiger partial charge in [-0.1, -0.05) is 0 Å². The van der Waals surface area contributed by atoms with E-state index in [1.165, 1.54) is 0 Å². The van der Waals surface area contributed by atoms with Crippen LogP contribution in [0.15, 0.2) is 0 Å². The summed E-state index contributed by atoms with van der Waals surface area (Å²) in [6, 6.07) is -1.32. The quantitative estimate of drug-likeness (QED) is 0.140. The van der Waals surface area contributed by atoms with Crippen molar-refractivity contribution in [3.8, 4) is 0 Å². The minimum Gasteiger partial charge on any atom is -0.394 e. The molecular weight excluding hydrogens is 494 g/mol. The maximum atomic E-state index is 11.7. The van der Waals surface area contributed by atoms with Gasteiger partial charge in [-0.05, 0) is 0 Å². The van der Waals surface area contributed by atoms with Crippen molar-refractivity contribution in [1.82, 2.24) is 5.32 Å². The van der Waals surface area contributed by atoms with E-state index in [9.17, 15) is 50.8 Å². The van der Waals surface area contributed by atoms with Crippen LogP contribution in [0.3, 0.4) is 0 Å². The molecule has 0 aromatic carbocycles. The Balaban J connectivity index is 1.76. The van der Waals surface area contributed by atoms with Crippen LogP contribution in [0, 0.1) is 0 Å². The van der Waals surface area contributed by atoms with Gasteiger partial charge >= 0.3 is 0 Å². The molecule has 0 bridgehead atoms. The number of carbonyl (C=O) groups is 1. The highest BCUT2D eigenvalue weighted by atomic mass is 16.8. The van der Waals surface area contributed by atoms with Crippen LogP contribution < -0.4 is 5.32 Å². The fourth-order valence-corrected chi connectivity index (χ4v) is 4.31. The Morgan fingerprint density at radius 1 is 0.833 bits per heavy atom. The number of aliphatic hydroxyl groups excluding tert-OH is 9. The Kier molecular flexibility index (Phi) is 10.3. The Morgan fingerprint density at radius 2 is 1.50 bits per heavy atom. The van der Waals surface area contributed by atoms with Crippen LogP contribution in [0.5, 0.6) is 0 Å². The molecule has 3 saturated heterocycles. The Hall–Kier alpha value is -1.09. The van der Waals surface area contributed by atoms with Crippen molar-refractivity contribution < 1.29 is 74.4 Å². The molecule has 10 N–H and O–H groups in total. The second-order valence-corrected chi connectivity index (χ2v) is 9.02. The van der Waals surface area contributed by atoms with Crippen LogP contribution in [-0.4, -0.2) is 158 Å². The van der Waals surface area contributed by atoms with E-state index in [-0.39, 0.29) is 6.42 Å². The first-order chi connectivity index (χ1) is 17.0. The Bertz CT molecular complexity index is 717. The zero-order chi connectivity index (χ0) is 26.7. The maximum Gasteiger partial charge on any atom is 0.217 e. The highest BCUT2D eigenvalue weighted by Gasteiger charge is 2.50. The molecule has 0 unspecified atom stereocenters. The van der Waals surface area contributed by atoms with E-state index in [0.29, 0.717) is 0 Å². The minimum atomic E-state index is -1.82. The standard InChI is InChI=1S/C20H35NO15/c1-6(24)21-11-14(28)12(26)9(4-23)35-19(11)36-17-8(25)2-7(3-22)33-20(17)32-5-10-13(27)15(29)16(30)18(31)34-10/h7-20,22-23,25-31H,2-5H2,1H3,(H,21,24)/t7-,8-,9+,10+,11+,12+,13+,14+,15-,16+,17-,18+,19-,20-/m0/s1. The number of hydrogen-bond acceptors (Lipinski definition) is 15. The first-order valence-corrected chi connectivity index (χ1v) is 11.5. The first kappa shape index (κ1) is 29.5. The highest BCUT2D eigenvalue weighted by Crippen LogP contribution is 2.30. The first-order valence-electron chi connectivity index (χ1n) is 11.5. The summed E-state index contributed by atoms with van der Waals surface area (Å²) in [7, 11) is 0. The summed E-state index contributed by atoms with van der Waals surface area (Å²) in [5.74, 6) is -0.595. The van der Waals surface area contributed by atoms with E-state index in [1.54, 1.807) is 0 Å². The number of aliphatic hydroxyl groups is 9. The van der Waals surface area contributed by atoms with Gasteiger partial charge in [-0.25, -0.2) is 0 Å². The molecule has 210 valence electrons. The minimum absolute atomic E-state index is 0.112. The summed E-state index contributed by atoms with van der Waals surface area (Å²) in [5.41, 5.74) is 0. The predicted octanol–water partition coefficient (Wildman–Crippen LogP) is -6.40. The van der Waals surface area contributed by atoms with Crippen molar-refractivity contribution in [2.24, 2.45) is 0 Å². The lowest BCUT2D eigenvalue weighted by molar-refractivity contribution is -0.349. The van der Waals surface area contributed by atoms with Gasteiger partial charge in [0.2, 0.25) is 5.91 Å². The molecule has 0 radical (unpaired) electrons. The number of ether oxygens (including phenoxy) is 5. The van der Waals surface area contributed by atoms with E-state index in [1.807, 2.05) is 0 Å². The van der Waals surface area contributed by atoms with Crippen LogP contribution in [-0.2, 0) is 28.5 Å². The molecule has 3 rings (SSSR count). The largest absolute Gasteiger partial charge is 0.394 e. The second kappa shape index (κ2) is 12.6. The Morgan fingerprint density at radius 3 is 2.11 bits per heavy atom. The van der Waals surface area contributed by atoms with E-state index >= 15 is 0 Å². The van der Waals surface area contributed by atoms with E-state index in [0.717, 1.165) is 6.92 Å². The molecule has 3 aliphatic rings. The van der Waals surface area contributed by atoms with Crippen LogP contribution in [0.4, 0.5) is 0 Å². The SMILES string of the molecule is CC(=O)N[C@H]1[C@H](O[C@@H]2[C@@H](OC[C@H]3O[C@@H](O)[C@H](O)[C@@H](O)[C@@H]3O)O[C@H](CO)C[C@@H]2O)O[C@H](CO)[C@@H](O)[C@@H]1O. The topological polar surface area (TPSA) is 257 Å². The average molecular weight is 529 g/mol. The van der Waals surface area contributed by atoms with Crippen molar-refractivity contribution in [1.29, 1.82) is 0 Å². The summed E-state index contributed by atoms with van der Waals surface area (Å²) in [6.45, 7) is -0.575. The van der Waals surface area contributed by atoms with Gasteiger partial charge in [-0.3, -0.25) is 4.79 Å². The molecule has 0 aromatic heterocycles. The van der Waals surface area contributed by atoms with Crippen molar-refractivity contribution in [3.05, 3.63) is 0 Å². The van der Waals surface area contributed by atoms with Gasteiger partial charge in [0.25, 0.3) is 0 Å². The van der Waals surface area contributed by atoms with E-state index in [2.05, 4.69) is 5.32 Å². The van der Waals surface area contributed by atoms with Crippen molar-refractivity contribution in [2.45, 2.75) is 99.3 Å². The lowest BCUT2D eigenvalue weighted by Gasteiger charge is -2.46. The van der Waals surface area contributed by atoms with Crippen LogP contribution in [0.25, 0.3) is 0 Å². The summed E-state index contributed by atoms with van der Waals surface area (Å²) < 4.78 is 27.6. The Labute approximate surface area is 205 Å². The van der Waals surface area contributed by atoms with Crippen molar-refractivity contribution in [2.75, 3.05) is 19.8 Å². The van der Waals surface area contributed by atoms with Crippen LogP contribution >= 0.6 is 0 Å². The molecule has 0 aliphatic carbocycles. The molecular formula is C20H35NO15. The van der Waals surface area contributed by atoms with Crippen molar-refractivity contribution in [3.63, 3.8) is 0 Å². The fraction of sp³-hybridized carbons (Fsp3) is 0.950. The molecule has 16 heteroatoms. The van der Waals surface area contributed by atoms with E-state index in [4.69, 9.17) is 23.7 Å². The lowest BCUT2D eigenvalue weighted by atomic mass is 9.96. The third-order valence-corrected chi connectivity index (χ3v) is 6.34. The summed E-state index contributed by atoms with van der Waals surface area (Å²) in [4.78, 5) is 11.7. The lowest BCUT2D eigenvalue weighted by Crippen LogP contribution is -2.66. The predicted molar refractivity (Wildman–Crippen MR) is 111 cm³/mol. The van der Waals surface area contributed by atoms with Gasteiger partial charge < -0.3 is 75.0 Å². The molecule has 36 heavy (non-hydrogen) atoms. The van der Waals surface area contributed by atoms with Gasteiger partial charge in [0.1, 0.15) is 54.9 Å². The van der Waals surface area contributed by atoms with Gasteiger partial charge in [0.05, 0.1) is 32.0 Å². The number of carbonyl (C=O) groups excluding carboxylic acids is 1. The highest BCUT2D eigenvalue weighted by molar-refractivity contribution is 5.73. The third kappa shape index (κ3) is 6.48. The molecule has 3 heterocycles. The molecule has 14 atom stereocenters. The van der Waals surface area contributed by atoms with Crippen LogP contribution in [0.1, 0.15) is 13.3 Å². The maximum absolute atomic E-state index is 11.7. The number of amides is 1. The molecule has 3 aliphatic heterocycles. The van der Waals surface area contributed by atoms with E-state index < -0.39 is 112 Å². The third-order valence-electron chi connectivity index (χ3n) is 6.34. The molecule has 0 aromatic rings. The summed E-state index contributed by atoms with van der Waals surface area (Å²) >= 11 is 0. The normalized spacial score (nSPS) is 47.9. The average Bonchev–Trinajstić information content (AvgIpc) is 2.84. The number of hydrogen-bond donors (Lipinski definition) is 10. The van der Waals surface area contributed by atoms with Gasteiger partial charge in [0, 0.05) is 13.3 Å². The molecule has 1 amide bonds. The fourth-order valence-electron chi connectivity index (χ4n) is 4.31. The zero-order valence-electron chi connectivity index (χ0n) is 19.4. The second-order valence-electron chi connectivity index (χ2n) is 9.02. The summed E-state index contributed by atoms with van der Waals surface area (Å²) in [6.07, 6.45) is -19.4.